The Balaban J connectivity index is 1.35. The molecule has 3 aromatic carbocycles. The largest absolute Gasteiger partial charge is 0.507 e. The number of likely N-dealkylation sites (N-methyl/N-ethyl adjacent to an activating group) is 1. The predicted molar refractivity (Wildman–Crippen MR) is 158 cm³/mol. The summed E-state index contributed by atoms with van der Waals surface area (Å²) in [5.74, 6) is 0.455. The van der Waals surface area contributed by atoms with Crippen LogP contribution in [0.4, 0.5) is 0 Å². The number of amides is 2. The molecule has 8 rings (SSSR count). The van der Waals surface area contributed by atoms with Crippen LogP contribution in [0, 0.1) is 32.1 Å². The van der Waals surface area contributed by atoms with Gasteiger partial charge in [0.1, 0.15) is 17.5 Å². The molecule has 0 spiro atoms. The fraction of sp³-hybridized carbons (Fsp3) is 0.382. The Labute approximate surface area is 254 Å². The number of piperazine rings is 1. The van der Waals surface area contributed by atoms with Crippen LogP contribution in [0.3, 0.4) is 0 Å². The van der Waals surface area contributed by atoms with Gasteiger partial charge in [0.05, 0.1) is 29.3 Å². The number of rotatable bonds is 2. The maximum Gasteiger partial charge on any atom is 0.261 e. The van der Waals surface area contributed by atoms with Crippen LogP contribution in [-0.4, -0.2) is 75.2 Å². The third-order valence-electron chi connectivity index (χ3n) is 10.7. The number of phenols is 2. The van der Waals surface area contributed by atoms with Crippen molar-refractivity contribution in [3.8, 4) is 29.1 Å². The number of nitrogens with zero attached hydrogens (tertiary/aromatic N) is 4. The van der Waals surface area contributed by atoms with E-state index < -0.39 is 23.9 Å². The summed E-state index contributed by atoms with van der Waals surface area (Å²) in [6.45, 7) is 5.61. The summed E-state index contributed by atoms with van der Waals surface area (Å²) in [5.41, 5.74) is 6.19. The van der Waals surface area contributed by atoms with Gasteiger partial charge in [-0.05, 0) is 69.5 Å². The minimum Gasteiger partial charge on any atom is -0.507 e. The second-order valence-corrected chi connectivity index (χ2v) is 12.6. The van der Waals surface area contributed by atoms with E-state index in [0.29, 0.717) is 52.2 Å². The molecule has 224 valence electrons. The Bertz CT molecular complexity index is 1830. The number of imide groups is 1. The van der Waals surface area contributed by atoms with Gasteiger partial charge >= 0.3 is 0 Å². The lowest BCUT2D eigenvalue weighted by Gasteiger charge is -2.60. The number of aromatic hydroxyl groups is 2. The highest BCUT2D eigenvalue weighted by Crippen LogP contribution is 2.58. The first kappa shape index (κ1) is 27.0. The number of benzene rings is 3. The number of fused-ring (bicyclic) bond motifs is 10. The highest BCUT2D eigenvalue weighted by atomic mass is 16.7. The first-order chi connectivity index (χ1) is 21.1. The van der Waals surface area contributed by atoms with Crippen LogP contribution in [0.5, 0.6) is 23.0 Å². The second kappa shape index (κ2) is 9.21. The van der Waals surface area contributed by atoms with Crippen molar-refractivity contribution in [2.24, 2.45) is 0 Å². The molecule has 5 atom stereocenters. The first-order valence-electron chi connectivity index (χ1n) is 14.9. The lowest BCUT2D eigenvalue weighted by molar-refractivity contribution is -0.0757. The SMILES string of the molecule is Cc1cc2c(c(O)c1C)[C@@H]1C3Cc4c(O)c(C)c5c(c4[C@H](CN4C(=O)c6ccccc6C4=O)N3C(C#N)[C@H](C2)N1C)OCO5. The van der Waals surface area contributed by atoms with Crippen molar-refractivity contribution < 1.29 is 29.3 Å². The van der Waals surface area contributed by atoms with Crippen LogP contribution < -0.4 is 9.47 Å². The van der Waals surface area contributed by atoms with Crippen LogP contribution in [0.15, 0.2) is 30.3 Å². The summed E-state index contributed by atoms with van der Waals surface area (Å²) in [5, 5.41) is 34.0. The number of carbonyl (C=O) groups is 2. The van der Waals surface area contributed by atoms with Gasteiger partial charge in [0.25, 0.3) is 11.8 Å². The van der Waals surface area contributed by atoms with Crippen LogP contribution in [0.1, 0.15) is 71.7 Å². The molecule has 1 fully saturated rings. The highest BCUT2D eigenvalue weighted by Gasteiger charge is 2.57. The van der Waals surface area contributed by atoms with E-state index in [2.05, 4.69) is 21.9 Å². The van der Waals surface area contributed by atoms with Crippen molar-refractivity contribution in [3.05, 3.63) is 80.4 Å². The Morgan fingerprint density at radius 2 is 1.61 bits per heavy atom. The maximum atomic E-state index is 13.7. The van der Waals surface area contributed by atoms with Crippen LogP contribution >= 0.6 is 0 Å². The van der Waals surface area contributed by atoms with Crippen LogP contribution in [-0.2, 0) is 12.8 Å². The summed E-state index contributed by atoms with van der Waals surface area (Å²) in [7, 11) is 1.99. The van der Waals surface area contributed by atoms with Crippen molar-refractivity contribution in [3.63, 3.8) is 0 Å². The van der Waals surface area contributed by atoms with Gasteiger partial charge in [0.2, 0.25) is 6.79 Å². The van der Waals surface area contributed by atoms with E-state index in [4.69, 9.17) is 9.47 Å². The van der Waals surface area contributed by atoms with Crippen LogP contribution in [0.2, 0.25) is 0 Å². The number of nitriles is 1. The predicted octanol–water partition coefficient (Wildman–Crippen LogP) is 3.82. The van der Waals surface area contributed by atoms with E-state index in [1.54, 1.807) is 31.2 Å². The van der Waals surface area contributed by atoms with Crippen molar-refractivity contribution in [1.29, 1.82) is 5.26 Å². The monoisotopic (exact) mass is 592 g/mol. The smallest absolute Gasteiger partial charge is 0.261 e. The molecule has 10 nitrogen and oxygen atoms in total. The zero-order valence-corrected chi connectivity index (χ0v) is 24.9. The number of aryl methyl sites for hydroxylation is 1. The lowest BCUT2D eigenvalue weighted by atomic mass is 9.71. The van der Waals surface area contributed by atoms with Crippen molar-refractivity contribution in [2.75, 3.05) is 20.4 Å². The molecule has 0 aromatic heterocycles. The normalized spacial score (nSPS) is 26.6. The number of hydrogen-bond donors (Lipinski definition) is 2. The highest BCUT2D eigenvalue weighted by molar-refractivity contribution is 6.21. The topological polar surface area (TPSA) is 127 Å². The van der Waals surface area contributed by atoms with Gasteiger partial charge in [-0.2, -0.15) is 5.26 Å². The number of carbonyl (C=O) groups excluding carboxylic acids is 2. The molecule has 44 heavy (non-hydrogen) atoms. The zero-order chi connectivity index (χ0) is 30.8. The molecule has 5 aliphatic rings. The Morgan fingerprint density at radius 3 is 2.30 bits per heavy atom. The molecule has 2 N–H and O–H groups in total. The third kappa shape index (κ3) is 3.31. The van der Waals surface area contributed by atoms with E-state index in [0.717, 1.165) is 22.3 Å². The van der Waals surface area contributed by atoms with Gasteiger partial charge in [0.15, 0.2) is 11.5 Å². The molecule has 2 bridgehead atoms. The van der Waals surface area contributed by atoms with Crippen molar-refractivity contribution >= 4 is 11.8 Å². The van der Waals surface area contributed by atoms with Gasteiger partial charge < -0.3 is 19.7 Å². The third-order valence-corrected chi connectivity index (χ3v) is 10.7. The molecule has 0 aliphatic carbocycles. The average molecular weight is 593 g/mol. The quantitative estimate of drug-likeness (QED) is 0.427. The molecular weight excluding hydrogens is 560 g/mol. The summed E-state index contributed by atoms with van der Waals surface area (Å²) in [4.78, 5) is 32.9. The molecule has 5 heterocycles. The van der Waals surface area contributed by atoms with E-state index in [9.17, 15) is 25.1 Å². The van der Waals surface area contributed by atoms with E-state index in [1.807, 2.05) is 20.9 Å². The standard InChI is InChI=1S/C34H32N4O6/c1-15-9-18-10-22-24(12-35)38-23(28(36(22)4)26(18)30(40)16(15)2)11-21-27(32-31(43-14-44-32)17(3)29(21)39)25(38)13-37-33(41)19-7-5-6-8-20(19)34(37)42/h5-9,22-25,28,39-40H,10-11,13-14H2,1-4H3/t22-,23?,24?,25-,28-/m0/s1. The minimum absolute atomic E-state index is 0.0230. The number of hydrogen-bond acceptors (Lipinski definition) is 9. The summed E-state index contributed by atoms with van der Waals surface area (Å²) in [6.07, 6.45) is 0.922. The summed E-state index contributed by atoms with van der Waals surface area (Å²) >= 11 is 0. The molecule has 3 aromatic rings. The van der Waals surface area contributed by atoms with Gasteiger partial charge in [0, 0.05) is 40.9 Å². The van der Waals surface area contributed by atoms with Crippen molar-refractivity contribution in [1.82, 2.24) is 14.7 Å². The Hall–Kier alpha value is -4.59. The zero-order valence-electron chi connectivity index (χ0n) is 24.9. The summed E-state index contributed by atoms with van der Waals surface area (Å²) in [6, 6.07) is 9.28. The van der Waals surface area contributed by atoms with Crippen LogP contribution in [0.25, 0.3) is 0 Å². The maximum absolute atomic E-state index is 13.7. The molecule has 5 aliphatic heterocycles. The van der Waals surface area contributed by atoms with Crippen molar-refractivity contribution in [2.45, 2.75) is 63.8 Å². The molecule has 2 amide bonds. The van der Waals surface area contributed by atoms with E-state index in [-0.39, 0.29) is 43.0 Å². The number of ether oxygens (including phenoxy) is 2. The van der Waals surface area contributed by atoms with Gasteiger partial charge in [-0.25, -0.2) is 0 Å². The van der Waals surface area contributed by atoms with Gasteiger partial charge in [-0.1, -0.05) is 18.2 Å². The molecular formula is C34H32N4O6. The molecule has 2 unspecified atom stereocenters. The van der Waals surface area contributed by atoms with E-state index in [1.165, 1.54) is 4.90 Å². The minimum atomic E-state index is -0.675. The Morgan fingerprint density at radius 1 is 0.932 bits per heavy atom. The lowest BCUT2D eigenvalue weighted by Crippen LogP contribution is -2.68. The second-order valence-electron chi connectivity index (χ2n) is 12.6. The molecule has 1 saturated heterocycles. The van der Waals surface area contributed by atoms with Gasteiger partial charge in [-0.15, -0.1) is 0 Å². The molecule has 0 radical (unpaired) electrons. The van der Waals surface area contributed by atoms with E-state index >= 15 is 0 Å². The summed E-state index contributed by atoms with van der Waals surface area (Å²) < 4.78 is 11.8. The molecule has 10 heteroatoms. The molecule has 0 saturated carbocycles. The number of phenolic OH excluding ortho intramolecular Hbond substituents is 2. The Kier molecular flexibility index (Phi) is 5.65. The van der Waals surface area contributed by atoms with Gasteiger partial charge in [-0.3, -0.25) is 24.3 Å². The fourth-order valence-electron chi connectivity index (χ4n) is 8.46. The average Bonchev–Trinajstić information content (AvgIpc) is 3.59. The fourth-order valence-corrected chi connectivity index (χ4v) is 8.46. The first-order valence-corrected chi connectivity index (χ1v) is 14.9.